The second kappa shape index (κ2) is 4.01. The Labute approximate surface area is 85.1 Å². The van der Waals surface area contributed by atoms with Gasteiger partial charge in [-0.3, -0.25) is 0 Å². The first kappa shape index (κ1) is 9.53. The van der Waals surface area contributed by atoms with Crippen LogP contribution in [0.1, 0.15) is 24.5 Å². The predicted molar refractivity (Wildman–Crippen MR) is 57.6 cm³/mol. The van der Waals surface area contributed by atoms with Gasteiger partial charge in [0.25, 0.3) is 0 Å². The Morgan fingerprint density at radius 3 is 2.93 bits per heavy atom. The van der Waals surface area contributed by atoms with Gasteiger partial charge in [-0.2, -0.15) is 0 Å². The van der Waals surface area contributed by atoms with Crippen LogP contribution in [0.5, 0.6) is 5.75 Å². The summed E-state index contributed by atoms with van der Waals surface area (Å²) in [6.07, 6.45) is 3.71. The van der Waals surface area contributed by atoms with E-state index in [0.29, 0.717) is 6.61 Å². The van der Waals surface area contributed by atoms with Crippen LogP contribution in [0.25, 0.3) is 0 Å². The van der Waals surface area contributed by atoms with Gasteiger partial charge in [0.05, 0.1) is 0 Å². The topological polar surface area (TPSA) is 35.2 Å². The van der Waals surface area contributed by atoms with Gasteiger partial charge in [-0.05, 0) is 49.4 Å². The van der Waals surface area contributed by atoms with Gasteiger partial charge < -0.3 is 10.5 Å². The predicted octanol–water partition coefficient (Wildman–Crippen LogP) is 1.90. The van der Waals surface area contributed by atoms with Crippen LogP contribution < -0.4 is 10.5 Å². The zero-order valence-electron chi connectivity index (χ0n) is 8.62. The van der Waals surface area contributed by atoms with Gasteiger partial charge in [0.15, 0.2) is 0 Å². The van der Waals surface area contributed by atoms with Crippen molar-refractivity contribution in [1.29, 1.82) is 0 Å². The second-order valence-corrected chi connectivity index (χ2v) is 4.07. The molecule has 2 nitrogen and oxygen atoms in total. The van der Waals surface area contributed by atoms with Crippen LogP contribution in [0, 0.1) is 0 Å². The van der Waals surface area contributed by atoms with E-state index in [-0.39, 0.29) is 6.04 Å². The average molecular weight is 191 g/mol. The zero-order valence-corrected chi connectivity index (χ0v) is 8.62. The van der Waals surface area contributed by atoms with Crippen molar-refractivity contribution in [2.45, 2.75) is 32.2 Å². The fourth-order valence-electron chi connectivity index (χ4n) is 1.87. The number of rotatable bonds is 3. The van der Waals surface area contributed by atoms with Crippen LogP contribution in [0.4, 0.5) is 0 Å². The SMILES string of the molecule is C[C@@H](N)COc1ccc2c(c1)CCC2. The molecular formula is C12H17NO. The van der Waals surface area contributed by atoms with Crippen molar-refractivity contribution >= 4 is 0 Å². The van der Waals surface area contributed by atoms with Gasteiger partial charge in [0, 0.05) is 6.04 Å². The van der Waals surface area contributed by atoms with Crippen molar-refractivity contribution < 1.29 is 4.74 Å². The first-order chi connectivity index (χ1) is 6.75. The third kappa shape index (κ3) is 2.07. The molecule has 0 saturated carbocycles. The van der Waals surface area contributed by atoms with Crippen molar-refractivity contribution in [2.24, 2.45) is 5.73 Å². The monoisotopic (exact) mass is 191 g/mol. The highest BCUT2D eigenvalue weighted by molar-refractivity contribution is 5.38. The van der Waals surface area contributed by atoms with E-state index in [9.17, 15) is 0 Å². The van der Waals surface area contributed by atoms with Crippen molar-refractivity contribution in [3.05, 3.63) is 29.3 Å². The van der Waals surface area contributed by atoms with Crippen molar-refractivity contribution in [1.82, 2.24) is 0 Å². The Morgan fingerprint density at radius 1 is 1.36 bits per heavy atom. The highest BCUT2D eigenvalue weighted by atomic mass is 16.5. The van der Waals surface area contributed by atoms with Crippen molar-refractivity contribution in [3.63, 3.8) is 0 Å². The van der Waals surface area contributed by atoms with E-state index in [1.54, 1.807) is 0 Å². The number of ether oxygens (including phenoxy) is 1. The lowest BCUT2D eigenvalue weighted by Crippen LogP contribution is -2.23. The molecule has 0 saturated heterocycles. The van der Waals surface area contributed by atoms with Crippen molar-refractivity contribution in [3.8, 4) is 5.75 Å². The summed E-state index contributed by atoms with van der Waals surface area (Å²) < 4.78 is 5.57. The Morgan fingerprint density at radius 2 is 2.14 bits per heavy atom. The molecule has 1 aromatic rings. The Balaban J connectivity index is 2.05. The summed E-state index contributed by atoms with van der Waals surface area (Å²) in [5.41, 5.74) is 8.56. The molecule has 1 atom stereocenters. The van der Waals surface area contributed by atoms with E-state index < -0.39 is 0 Å². The zero-order chi connectivity index (χ0) is 9.97. The molecule has 2 rings (SSSR count). The molecule has 2 N–H and O–H groups in total. The number of benzene rings is 1. The molecule has 0 bridgehead atoms. The Bertz CT molecular complexity index is 320. The number of hydrogen-bond donors (Lipinski definition) is 1. The van der Waals surface area contributed by atoms with E-state index in [0.717, 1.165) is 5.75 Å². The van der Waals surface area contributed by atoms with E-state index in [1.165, 1.54) is 30.4 Å². The molecule has 0 aliphatic heterocycles. The van der Waals surface area contributed by atoms with E-state index in [1.807, 2.05) is 13.0 Å². The minimum atomic E-state index is 0.100. The minimum absolute atomic E-state index is 0.100. The number of aryl methyl sites for hydroxylation is 2. The summed E-state index contributed by atoms with van der Waals surface area (Å²) in [6.45, 7) is 2.55. The molecule has 76 valence electrons. The van der Waals surface area contributed by atoms with Gasteiger partial charge in [-0.15, -0.1) is 0 Å². The van der Waals surface area contributed by atoms with E-state index >= 15 is 0 Å². The Hall–Kier alpha value is -1.02. The molecular weight excluding hydrogens is 174 g/mol. The lowest BCUT2D eigenvalue weighted by molar-refractivity contribution is 0.296. The van der Waals surface area contributed by atoms with Crippen LogP contribution in [-0.2, 0) is 12.8 Å². The first-order valence-corrected chi connectivity index (χ1v) is 5.26. The molecule has 0 fully saturated rings. The maximum absolute atomic E-state index is 5.63. The van der Waals surface area contributed by atoms with Crippen LogP contribution in [0.15, 0.2) is 18.2 Å². The molecule has 0 spiro atoms. The summed E-state index contributed by atoms with van der Waals surface area (Å²) in [7, 11) is 0. The number of fused-ring (bicyclic) bond motifs is 1. The molecule has 0 radical (unpaired) electrons. The summed E-state index contributed by atoms with van der Waals surface area (Å²) in [5.74, 6) is 0.961. The van der Waals surface area contributed by atoms with Gasteiger partial charge >= 0.3 is 0 Å². The molecule has 0 heterocycles. The van der Waals surface area contributed by atoms with Crippen LogP contribution in [0.3, 0.4) is 0 Å². The molecule has 0 unspecified atom stereocenters. The summed E-state index contributed by atoms with van der Waals surface area (Å²) in [6, 6.07) is 6.49. The van der Waals surface area contributed by atoms with Gasteiger partial charge in [-0.25, -0.2) is 0 Å². The lowest BCUT2D eigenvalue weighted by atomic mass is 10.1. The average Bonchev–Trinajstić information content (AvgIpc) is 2.61. The molecule has 1 aliphatic carbocycles. The molecule has 0 aromatic heterocycles. The Kier molecular flexibility index (Phi) is 2.73. The minimum Gasteiger partial charge on any atom is -0.492 e. The number of hydrogen-bond acceptors (Lipinski definition) is 2. The fraction of sp³-hybridized carbons (Fsp3) is 0.500. The van der Waals surface area contributed by atoms with E-state index in [2.05, 4.69) is 12.1 Å². The summed E-state index contributed by atoms with van der Waals surface area (Å²) in [4.78, 5) is 0. The lowest BCUT2D eigenvalue weighted by Gasteiger charge is -2.09. The maximum atomic E-state index is 5.63. The fourth-order valence-corrected chi connectivity index (χ4v) is 1.87. The highest BCUT2D eigenvalue weighted by Crippen LogP contribution is 2.25. The molecule has 14 heavy (non-hydrogen) atoms. The van der Waals surface area contributed by atoms with Crippen LogP contribution in [-0.4, -0.2) is 12.6 Å². The maximum Gasteiger partial charge on any atom is 0.119 e. The molecule has 2 heteroatoms. The van der Waals surface area contributed by atoms with Gasteiger partial charge in [-0.1, -0.05) is 6.07 Å². The summed E-state index contributed by atoms with van der Waals surface area (Å²) >= 11 is 0. The largest absolute Gasteiger partial charge is 0.492 e. The normalized spacial score (nSPS) is 16.4. The highest BCUT2D eigenvalue weighted by Gasteiger charge is 2.11. The third-order valence-corrected chi connectivity index (χ3v) is 2.58. The second-order valence-electron chi connectivity index (χ2n) is 4.07. The van der Waals surface area contributed by atoms with Crippen LogP contribution in [0.2, 0.25) is 0 Å². The number of nitrogens with two attached hydrogens (primary N) is 1. The van der Waals surface area contributed by atoms with Crippen molar-refractivity contribution in [2.75, 3.05) is 6.61 Å². The van der Waals surface area contributed by atoms with Gasteiger partial charge in [0.1, 0.15) is 12.4 Å². The molecule has 0 amide bonds. The van der Waals surface area contributed by atoms with Crippen LogP contribution >= 0.6 is 0 Å². The first-order valence-electron chi connectivity index (χ1n) is 5.26. The smallest absolute Gasteiger partial charge is 0.119 e. The third-order valence-electron chi connectivity index (χ3n) is 2.58. The van der Waals surface area contributed by atoms with Gasteiger partial charge in [0.2, 0.25) is 0 Å². The molecule has 1 aliphatic rings. The quantitative estimate of drug-likeness (QED) is 0.792. The molecule has 1 aromatic carbocycles. The summed E-state index contributed by atoms with van der Waals surface area (Å²) in [5, 5.41) is 0. The standard InChI is InChI=1S/C12H17NO/c1-9(13)8-14-12-6-5-10-3-2-4-11(10)7-12/h5-7,9H,2-4,8,13H2,1H3/t9-/m1/s1. The van der Waals surface area contributed by atoms with E-state index in [4.69, 9.17) is 10.5 Å².